The summed E-state index contributed by atoms with van der Waals surface area (Å²) in [6.45, 7) is 2.16. The van der Waals surface area contributed by atoms with E-state index in [1.165, 1.54) is 0 Å². The Morgan fingerprint density at radius 3 is 1.71 bits per heavy atom. The van der Waals surface area contributed by atoms with Crippen molar-refractivity contribution in [3.8, 4) is 6.07 Å². The van der Waals surface area contributed by atoms with Crippen LogP contribution in [0.3, 0.4) is 0 Å². The van der Waals surface area contributed by atoms with Gasteiger partial charge in [-0.15, -0.1) is 0 Å². The van der Waals surface area contributed by atoms with E-state index in [4.69, 9.17) is 0 Å². The Morgan fingerprint density at radius 2 is 1.38 bits per heavy atom. The Morgan fingerprint density at radius 1 is 0.952 bits per heavy atom. The van der Waals surface area contributed by atoms with Crippen molar-refractivity contribution in [2.24, 2.45) is 0 Å². The molecule has 0 aliphatic carbocycles. The molecule has 2 nitrogen and oxygen atoms in total. The molecule has 0 unspecified atom stereocenters. The van der Waals surface area contributed by atoms with Gasteiger partial charge in [0.15, 0.2) is 0 Å². The molecule has 2 aromatic rings. The highest BCUT2D eigenvalue weighted by atomic mass is 15.1. The van der Waals surface area contributed by atoms with Gasteiger partial charge in [-0.1, -0.05) is 60.7 Å². The van der Waals surface area contributed by atoms with E-state index in [9.17, 15) is 5.26 Å². The van der Waals surface area contributed by atoms with Gasteiger partial charge < -0.3 is 4.90 Å². The summed E-state index contributed by atoms with van der Waals surface area (Å²) in [5.41, 5.74) is 1.52. The molecule has 0 aromatic heterocycles. The number of hydrogen-bond donors (Lipinski definition) is 0. The molecule has 0 fully saturated rings. The number of nitrogens with zero attached hydrogens (tertiary/aromatic N) is 2. The van der Waals surface area contributed by atoms with E-state index in [1.807, 2.05) is 36.4 Å². The molecule has 0 aliphatic rings. The van der Waals surface area contributed by atoms with Crippen LogP contribution in [-0.2, 0) is 5.41 Å². The minimum atomic E-state index is -0.605. The highest BCUT2D eigenvalue weighted by molar-refractivity contribution is 5.46. The second-order valence-electron chi connectivity index (χ2n) is 5.77. The maximum absolute atomic E-state index is 10.0. The Balaban J connectivity index is 2.55. The van der Waals surface area contributed by atoms with E-state index in [2.05, 4.69) is 56.3 Å². The lowest BCUT2D eigenvalue weighted by Crippen LogP contribution is -2.36. The summed E-state index contributed by atoms with van der Waals surface area (Å²) in [4.78, 5) is 2.16. The van der Waals surface area contributed by atoms with E-state index < -0.39 is 5.41 Å². The third-order valence-electron chi connectivity index (χ3n) is 4.21. The van der Waals surface area contributed by atoms with Crippen molar-refractivity contribution in [2.75, 3.05) is 14.1 Å². The lowest BCUT2D eigenvalue weighted by Gasteiger charge is -2.33. The van der Waals surface area contributed by atoms with Crippen LogP contribution in [0.4, 0.5) is 0 Å². The fraction of sp³-hybridized carbons (Fsp3) is 0.316. The third kappa shape index (κ3) is 3.15. The first-order chi connectivity index (χ1) is 10.1. The zero-order valence-electron chi connectivity index (χ0n) is 13.0. The van der Waals surface area contributed by atoms with Gasteiger partial charge in [0.1, 0.15) is 5.41 Å². The molecule has 0 N–H and O–H groups in total. The molecule has 0 heterocycles. The Hall–Kier alpha value is -2.11. The van der Waals surface area contributed by atoms with E-state index >= 15 is 0 Å². The first kappa shape index (κ1) is 15.3. The predicted octanol–water partition coefficient (Wildman–Crippen LogP) is 3.84. The van der Waals surface area contributed by atoms with E-state index in [0.29, 0.717) is 6.04 Å². The van der Waals surface area contributed by atoms with Crippen molar-refractivity contribution in [1.82, 2.24) is 4.90 Å². The maximum Gasteiger partial charge on any atom is 0.109 e. The minimum Gasteiger partial charge on any atom is -0.307 e. The van der Waals surface area contributed by atoms with Crippen LogP contribution < -0.4 is 0 Å². The van der Waals surface area contributed by atoms with Gasteiger partial charge in [0.25, 0.3) is 0 Å². The second kappa shape index (κ2) is 6.56. The first-order valence-corrected chi connectivity index (χ1v) is 7.29. The predicted molar refractivity (Wildman–Crippen MR) is 87.0 cm³/mol. The van der Waals surface area contributed by atoms with E-state index in [0.717, 1.165) is 17.5 Å². The van der Waals surface area contributed by atoms with Gasteiger partial charge in [-0.2, -0.15) is 5.26 Å². The zero-order valence-corrected chi connectivity index (χ0v) is 13.0. The summed E-state index contributed by atoms with van der Waals surface area (Å²) in [6, 6.07) is 23.1. The monoisotopic (exact) mass is 278 g/mol. The maximum atomic E-state index is 10.0. The number of hydrogen-bond acceptors (Lipinski definition) is 2. The molecule has 21 heavy (non-hydrogen) atoms. The van der Waals surface area contributed by atoms with Gasteiger partial charge in [0.05, 0.1) is 6.07 Å². The Labute approximate surface area is 127 Å². The van der Waals surface area contributed by atoms with Crippen molar-refractivity contribution < 1.29 is 0 Å². The number of benzene rings is 2. The average Bonchev–Trinajstić information content (AvgIpc) is 2.54. The summed E-state index contributed by atoms with van der Waals surface area (Å²) < 4.78 is 0. The summed E-state index contributed by atoms with van der Waals surface area (Å²) in [6.07, 6.45) is 0.768. The van der Waals surface area contributed by atoms with Crippen molar-refractivity contribution in [3.63, 3.8) is 0 Å². The fourth-order valence-corrected chi connectivity index (χ4v) is 2.65. The largest absolute Gasteiger partial charge is 0.307 e. The minimum absolute atomic E-state index is 0.310. The first-order valence-electron chi connectivity index (χ1n) is 7.29. The summed E-state index contributed by atoms with van der Waals surface area (Å²) in [7, 11) is 4.12. The molecular formula is C19H22N2. The van der Waals surface area contributed by atoms with E-state index in [-0.39, 0.29) is 0 Å². The average molecular weight is 278 g/mol. The van der Waals surface area contributed by atoms with Gasteiger partial charge >= 0.3 is 0 Å². The topological polar surface area (TPSA) is 27.0 Å². The molecule has 2 aromatic carbocycles. The quantitative estimate of drug-likeness (QED) is 0.831. The summed E-state index contributed by atoms with van der Waals surface area (Å²) in [5, 5.41) is 10.0. The van der Waals surface area contributed by atoms with Crippen LogP contribution >= 0.6 is 0 Å². The van der Waals surface area contributed by atoms with Crippen LogP contribution in [0.5, 0.6) is 0 Å². The van der Waals surface area contributed by atoms with Crippen LogP contribution in [0.25, 0.3) is 0 Å². The lowest BCUT2D eigenvalue weighted by atomic mass is 9.71. The summed E-state index contributed by atoms with van der Waals surface area (Å²) >= 11 is 0. The van der Waals surface area contributed by atoms with E-state index in [1.54, 1.807) is 0 Å². The van der Waals surface area contributed by atoms with Gasteiger partial charge in [-0.3, -0.25) is 0 Å². The molecule has 0 saturated carbocycles. The van der Waals surface area contributed by atoms with Crippen LogP contribution in [-0.4, -0.2) is 25.0 Å². The van der Waals surface area contributed by atoms with Gasteiger partial charge in [-0.05, 0) is 38.6 Å². The molecule has 0 radical (unpaired) electrons. The lowest BCUT2D eigenvalue weighted by molar-refractivity contribution is 0.275. The molecule has 2 rings (SSSR count). The second-order valence-corrected chi connectivity index (χ2v) is 5.77. The summed E-state index contributed by atoms with van der Waals surface area (Å²) in [5.74, 6) is 0. The number of nitriles is 1. The molecule has 2 heteroatoms. The Kier molecular flexibility index (Phi) is 4.77. The molecule has 0 aliphatic heterocycles. The van der Waals surface area contributed by atoms with Crippen molar-refractivity contribution in [2.45, 2.75) is 24.8 Å². The van der Waals surface area contributed by atoms with Crippen molar-refractivity contribution in [3.05, 3.63) is 71.8 Å². The standard InChI is InChI=1S/C19H22N2/c1-16(21(2)3)14-19(15-20,17-10-6-4-7-11-17)18-12-8-5-9-13-18/h4-13,16H,14H2,1-3H3/t16-/m1/s1. The molecule has 0 amide bonds. The van der Waals surface area contributed by atoms with Gasteiger partial charge in [-0.25, -0.2) is 0 Å². The molecule has 0 bridgehead atoms. The Bertz CT molecular complexity index is 557. The highest BCUT2D eigenvalue weighted by Crippen LogP contribution is 2.36. The van der Waals surface area contributed by atoms with Crippen LogP contribution in [0.1, 0.15) is 24.5 Å². The van der Waals surface area contributed by atoms with Gasteiger partial charge in [0, 0.05) is 6.04 Å². The smallest absolute Gasteiger partial charge is 0.109 e. The molecule has 0 saturated heterocycles. The zero-order chi connectivity index (χ0) is 15.3. The number of rotatable bonds is 5. The third-order valence-corrected chi connectivity index (χ3v) is 4.21. The molecule has 1 atom stereocenters. The van der Waals surface area contributed by atoms with Crippen LogP contribution in [0, 0.1) is 11.3 Å². The normalized spacial score (nSPS) is 12.9. The molecular weight excluding hydrogens is 256 g/mol. The fourth-order valence-electron chi connectivity index (χ4n) is 2.65. The SMILES string of the molecule is C[C@H](CC(C#N)(c1ccccc1)c1ccccc1)N(C)C. The van der Waals surface area contributed by atoms with Crippen molar-refractivity contribution >= 4 is 0 Å². The van der Waals surface area contributed by atoms with Crippen LogP contribution in [0.2, 0.25) is 0 Å². The van der Waals surface area contributed by atoms with Crippen molar-refractivity contribution in [1.29, 1.82) is 5.26 Å². The molecule has 0 spiro atoms. The van der Waals surface area contributed by atoms with Gasteiger partial charge in [0.2, 0.25) is 0 Å². The van der Waals surface area contributed by atoms with Crippen LogP contribution in [0.15, 0.2) is 60.7 Å². The molecule has 108 valence electrons. The highest BCUT2D eigenvalue weighted by Gasteiger charge is 2.36.